The SMILES string of the molecule is Cn1ccnc1C(O)(CCNC(=O)c1cc(Cl)ccc1I)C(F)(F)F. The lowest BCUT2D eigenvalue weighted by Gasteiger charge is -2.30. The minimum absolute atomic E-state index is 0.251. The van der Waals surface area contributed by atoms with Crippen molar-refractivity contribution in [1.29, 1.82) is 0 Å². The molecule has 0 spiro atoms. The molecule has 0 radical (unpaired) electrons. The summed E-state index contributed by atoms with van der Waals surface area (Å²) in [7, 11) is 1.35. The summed E-state index contributed by atoms with van der Waals surface area (Å²) in [5, 5.41) is 12.9. The van der Waals surface area contributed by atoms with E-state index in [9.17, 15) is 23.1 Å². The quantitative estimate of drug-likeness (QED) is 0.637. The van der Waals surface area contributed by atoms with Crippen molar-refractivity contribution in [2.75, 3.05) is 6.54 Å². The van der Waals surface area contributed by atoms with E-state index in [0.717, 1.165) is 4.57 Å². The number of aliphatic hydroxyl groups is 1. The van der Waals surface area contributed by atoms with Crippen LogP contribution in [0.3, 0.4) is 0 Å². The summed E-state index contributed by atoms with van der Waals surface area (Å²) in [6.07, 6.45) is -3.25. The molecule has 0 saturated heterocycles. The number of carbonyl (C=O) groups excluding carboxylic acids is 1. The molecule has 2 rings (SSSR count). The topological polar surface area (TPSA) is 67.2 Å². The van der Waals surface area contributed by atoms with Gasteiger partial charge in [-0.1, -0.05) is 11.6 Å². The molecule has 1 heterocycles. The highest BCUT2D eigenvalue weighted by Gasteiger charge is 2.57. The number of nitrogens with one attached hydrogen (secondary N) is 1. The lowest BCUT2D eigenvalue weighted by Crippen LogP contribution is -2.46. The number of aromatic nitrogens is 2. The number of hydrogen-bond donors (Lipinski definition) is 2. The van der Waals surface area contributed by atoms with Gasteiger partial charge in [0.25, 0.3) is 5.91 Å². The molecule has 0 saturated carbocycles. The Morgan fingerprint density at radius 3 is 2.68 bits per heavy atom. The minimum Gasteiger partial charge on any atom is -0.374 e. The smallest absolute Gasteiger partial charge is 0.374 e. The Balaban J connectivity index is 2.13. The molecule has 0 aliphatic carbocycles. The predicted molar refractivity (Wildman–Crippen MR) is 94.3 cm³/mol. The summed E-state index contributed by atoms with van der Waals surface area (Å²) < 4.78 is 41.8. The number of benzene rings is 1. The second-order valence-corrected chi connectivity index (χ2v) is 6.95. The molecule has 0 aliphatic rings. The highest BCUT2D eigenvalue weighted by Crippen LogP contribution is 2.40. The molecule has 10 heteroatoms. The van der Waals surface area contributed by atoms with Crippen molar-refractivity contribution < 1.29 is 23.1 Å². The van der Waals surface area contributed by atoms with Crippen LogP contribution in [-0.2, 0) is 12.6 Å². The second-order valence-electron chi connectivity index (χ2n) is 5.35. The maximum Gasteiger partial charge on any atom is 0.424 e. The monoisotopic (exact) mass is 487 g/mol. The third kappa shape index (κ3) is 4.26. The largest absolute Gasteiger partial charge is 0.424 e. The molecule has 1 unspecified atom stereocenters. The van der Waals surface area contributed by atoms with Crippen molar-refractivity contribution in [3.05, 3.63) is 50.6 Å². The second kappa shape index (κ2) is 7.50. The Labute approximate surface area is 160 Å². The van der Waals surface area contributed by atoms with Crippen LogP contribution in [0, 0.1) is 3.57 Å². The zero-order chi connectivity index (χ0) is 18.8. The van der Waals surface area contributed by atoms with Gasteiger partial charge >= 0.3 is 6.18 Å². The Morgan fingerprint density at radius 1 is 1.44 bits per heavy atom. The Bertz CT molecular complexity index is 782. The Morgan fingerprint density at radius 2 is 2.12 bits per heavy atom. The standard InChI is InChI=1S/C15H14ClF3IN3O2/c1-23-7-6-22-13(23)14(25,15(17,18)19)4-5-21-12(24)10-8-9(16)2-3-11(10)20/h2-3,6-8,25H,4-5H2,1H3,(H,21,24). The number of amides is 1. The van der Waals surface area contributed by atoms with Crippen molar-refractivity contribution in [3.8, 4) is 0 Å². The molecule has 1 amide bonds. The summed E-state index contributed by atoms with van der Waals surface area (Å²) in [5.74, 6) is -1.11. The minimum atomic E-state index is -4.94. The van der Waals surface area contributed by atoms with Gasteiger partial charge in [0.15, 0.2) is 0 Å². The average Bonchev–Trinajstić information content (AvgIpc) is 2.94. The van der Waals surface area contributed by atoms with Crippen LogP contribution in [0.15, 0.2) is 30.6 Å². The highest BCUT2D eigenvalue weighted by atomic mass is 127. The van der Waals surface area contributed by atoms with Gasteiger partial charge in [0.05, 0.1) is 5.56 Å². The van der Waals surface area contributed by atoms with E-state index in [-0.39, 0.29) is 5.56 Å². The van der Waals surface area contributed by atoms with Gasteiger partial charge in [0.2, 0.25) is 5.60 Å². The molecule has 5 nitrogen and oxygen atoms in total. The fourth-order valence-corrected chi connectivity index (χ4v) is 3.02. The third-order valence-electron chi connectivity index (χ3n) is 3.61. The van der Waals surface area contributed by atoms with E-state index in [1.54, 1.807) is 12.1 Å². The molecule has 1 atom stereocenters. The first-order valence-electron chi connectivity index (χ1n) is 7.06. The maximum atomic E-state index is 13.4. The molecule has 2 aromatic rings. The summed E-state index contributed by atoms with van der Waals surface area (Å²) >= 11 is 7.75. The zero-order valence-corrected chi connectivity index (χ0v) is 15.9. The summed E-state index contributed by atoms with van der Waals surface area (Å²) in [5.41, 5.74) is -2.92. The molecule has 0 aliphatic heterocycles. The number of rotatable bonds is 5. The fraction of sp³-hybridized carbons (Fsp3) is 0.333. The van der Waals surface area contributed by atoms with Gasteiger partial charge in [-0.2, -0.15) is 13.2 Å². The van der Waals surface area contributed by atoms with Crippen LogP contribution in [0.2, 0.25) is 5.02 Å². The Kier molecular flexibility index (Phi) is 6.00. The molecule has 136 valence electrons. The molecule has 0 fully saturated rings. The normalized spacial score (nSPS) is 14.2. The highest BCUT2D eigenvalue weighted by molar-refractivity contribution is 14.1. The average molecular weight is 488 g/mol. The Hall–Kier alpha value is -1.33. The number of carbonyl (C=O) groups is 1. The third-order valence-corrected chi connectivity index (χ3v) is 4.78. The predicted octanol–water partition coefficient (Wildman–Crippen LogP) is 3.25. The number of nitrogens with zero attached hydrogens (tertiary/aromatic N) is 2. The van der Waals surface area contributed by atoms with E-state index in [0.29, 0.717) is 8.59 Å². The number of alkyl halides is 3. The summed E-state index contributed by atoms with van der Waals surface area (Å²) in [4.78, 5) is 15.7. The van der Waals surface area contributed by atoms with Crippen molar-refractivity contribution >= 4 is 40.1 Å². The van der Waals surface area contributed by atoms with Crippen LogP contribution in [0.5, 0.6) is 0 Å². The molecule has 0 bridgehead atoms. The van der Waals surface area contributed by atoms with Crippen LogP contribution in [0.4, 0.5) is 13.2 Å². The first-order chi connectivity index (χ1) is 11.6. The number of aryl methyl sites for hydroxylation is 1. The van der Waals surface area contributed by atoms with Crippen LogP contribution in [0.25, 0.3) is 0 Å². The van der Waals surface area contributed by atoms with E-state index in [1.807, 2.05) is 22.6 Å². The van der Waals surface area contributed by atoms with Gasteiger partial charge in [-0.05, 0) is 40.8 Å². The molecule has 1 aromatic carbocycles. The molecular formula is C15H14ClF3IN3O2. The first-order valence-corrected chi connectivity index (χ1v) is 8.52. The molecule has 1 aromatic heterocycles. The van der Waals surface area contributed by atoms with Crippen LogP contribution >= 0.6 is 34.2 Å². The van der Waals surface area contributed by atoms with Gasteiger partial charge in [0.1, 0.15) is 5.82 Å². The molecule has 25 heavy (non-hydrogen) atoms. The van der Waals surface area contributed by atoms with Crippen molar-refractivity contribution in [3.63, 3.8) is 0 Å². The van der Waals surface area contributed by atoms with Gasteiger partial charge in [-0.15, -0.1) is 0 Å². The van der Waals surface area contributed by atoms with Crippen LogP contribution in [0.1, 0.15) is 22.6 Å². The zero-order valence-electron chi connectivity index (χ0n) is 12.9. The fourth-order valence-electron chi connectivity index (χ4n) is 2.27. The first kappa shape index (κ1) is 20.0. The van der Waals surface area contributed by atoms with Crippen LogP contribution < -0.4 is 5.32 Å². The lowest BCUT2D eigenvalue weighted by molar-refractivity contribution is -0.272. The summed E-state index contributed by atoms with van der Waals surface area (Å²) in [6.45, 7) is -0.399. The van der Waals surface area contributed by atoms with Gasteiger partial charge in [0, 0.05) is 41.0 Å². The number of halogens is 5. The lowest BCUT2D eigenvalue weighted by atomic mass is 9.97. The van der Waals surface area contributed by atoms with E-state index in [1.165, 1.54) is 25.5 Å². The molecule has 2 N–H and O–H groups in total. The van der Waals surface area contributed by atoms with E-state index in [2.05, 4.69) is 10.3 Å². The van der Waals surface area contributed by atoms with Crippen molar-refractivity contribution in [1.82, 2.24) is 14.9 Å². The van der Waals surface area contributed by atoms with E-state index >= 15 is 0 Å². The number of imidazole rings is 1. The van der Waals surface area contributed by atoms with E-state index < -0.39 is 36.5 Å². The van der Waals surface area contributed by atoms with Crippen molar-refractivity contribution in [2.45, 2.75) is 18.2 Å². The van der Waals surface area contributed by atoms with Gasteiger partial charge < -0.3 is 15.0 Å². The molecular weight excluding hydrogens is 474 g/mol. The maximum absolute atomic E-state index is 13.4. The van der Waals surface area contributed by atoms with Crippen LogP contribution in [-0.4, -0.2) is 33.3 Å². The van der Waals surface area contributed by atoms with Gasteiger partial charge in [-0.3, -0.25) is 4.79 Å². The number of hydrogen-bond acceptors (Lipinski definition) is 3. The van der Waals surface area contributed by atoms with E-state index in [4.69, 9.17) is 11.6 Å². The van der Waals surface area contributed by atoms with Crippen molar-refractivity contribution in [2.24, 2.45) is 7.05 Å². The summed E-state index contributed by atoms with van der Waals surface area (Å²) in [6, 6.07) is 4.65. The van der Waals surface area contributed by atoms with Gasteiger partial charge in [-0.25, -0.2) is 4.98 Å².